The van der Waals surface area contributed by atoms with Crippen molar-refractivity contribution in [3.05, 3.63) is 64.7 Å². The average Bonchev–Trinajstić information content (AvgIpc) is 2.66. The van der Waals surface area contributed by atoms with Gasteiger partial charge in [0.2, 0.25) is 15.9 Å². The third-order valence-corrected chi connectivity index (χ3v) is 6.80. The molecule has 9 heteroatoms. The number of halogens is 3. The number of carbonyl (C=O) groups excluding carboxylic acids is 1. The van der Waals surface area contributed by atoms with Crippen LogP contribution in [0.25, 0.3) is 0 Å². The number of hydrogen-bond donors (Lipinski definition) is 1. The van der Waals surface area contributed by atoms with Crippen LogP contribution in [0.2, 0.25) is 5.02 Å². The zero-order chi connectivity index (χ0) is 20.3. The van der Waals surface area contributed by atoms with Gasteiger partial charge >= 0.3 is 0 Å². The third-order valence-electron chi connectivity index (χ3n) is 4.63. The van der Waals surface area contributed by atoms with Gasteiger partial charge in [0.1, 0.15) is 11.6 Å². The highest BCUT2D eigenvalue weighted by atomic mass is 35.5. The first kappa shape index (κ1) is 20.7. The van der Waals surface area contributed by atoms with E-state index in [9.17, 15) is 22.0 Å². The quantitative estimate of drug-likeness (QED) is 0.787. The van der Waals surface area contributed by atoms with E-state index in [-0.39, 0.29) is 18.0 Å². The number of anilines is 1. The number of rotatable bonds is 5. The van der Waals surface area contributed by atoms with E-state index in [1.54, 1.807) is 24.3 Å². The van der Waals surface area contributed by atoms with Gasteiger partial charge in [-0.1, -0.05) is 29.8 Å². The van der Waals surface area contributed by atoms with Crippen LogP contribution in [0.15, 0.2) is 42.5 Å². The Balaban J connectivity index is 1.69. The van der Waals surface area contributed by atoms with Gasteiger partial charge < -0.3 is 5.32 Å². The lowest BCUT2D eigenvalue weighted by Crippen LogP contribution is -2.44. The van der Waals surface area contributed by atoms with E-state index in [2.05, 4.69) is 5.32 Å². The number of sulfonamides is 1. The molecule has 1 atom stereocenters. The zero-order valence-corrected chi connectivity index (χ0v) is 16.4. The fourth-order valence-electron chi connectivity index (χ4n) is 3.14. The van der Waals surface area contributed by atoms with Gasteiger partial charge in [0.05, 0.1) is 17.4 Å². The maximum atomic E-state index is 13.8. The molecule has 28 heavy (non-hydrogen) atoms. The van der Waals surface area contributed by atoms with E-state index in [0.717, 1.165) is 12.1 Å². The average molecular weight is 429 g/mol. The lowest BCUT2D eigenvalue weighted by Gasteiger charge is -2.31. The van der Waals surface area contributed by atoms with E-state index < -0.39 is 33.5 Å². The highest BCUT2D eigenvalue weighted by Crippen LogP contribution is 2.25. The lowest BCUT2D eigenvalue weighted by atomic mass is 9.98. The van der Waals surface area contributed by atoms with Crippen LogP contribution in [0.4, 0.5) is 14.5 Å². The van der Waals surface area contributed by atoms with Crippen LogP contribution in [0.5, 0.6) is 0 Å². The largest absolute Gasteiger partial charge is 0.323 e. The van der Waals surface area contributed by atoms with Gasteiger partial charge in [0, 0.05) is 24.2 Å². The molecule has 1 saturated heterocycles. The van der Waals surface area contributed by atoms with Crippen LogP contribution < -0.4 is 5.32 Å². The molecule has 3 rings (SSSR count). The number of hydrogen-bond acceptors (Lipinski definition) is 3. The minimum Gasteiger partial charge on any atom is -0.323 e. The molecule has 0 saturated carbocycles. The number of nitrogens with zero attached hydrogens (tertiary/aromatic N) is 1. The van der Waals surface area contributed by atoms with E-state index in [0.29, 0.717) is 36.0 Å². The summed E-state index contributed by atoms with van der Waals surface area (Å²) in [5.74, 6) is -3.01. The van der Waals surface area contributed by atoms with Gasteiger partial charge in [-0.15, -0.1) is 0 Å². The summed E-state index contributed by atoms with van der Waals surface area (Å²) < 4.78 is 53.5. The highest BCUT2D eigenvalue weighted by Gasteiger charge is 2.33. The number of nitrogens with one attached hydrogen (secondary N) is 1. The summed E-state index contributed by atoms with van der Waals surface area (Å²) in [5.41, 5.74) is 0.353. The number of piperidine rings is 1. The molecule has 150 valence electrons. The fraction of sp³-hybridized carbons (Fsp3) is 0.316. The molecule has 0 spiro atoms. The smallest absolute Gasteiger partial charge is 0.228 e. The minimum atomic E-state index is -3.67. The van der Waals surface area contributed by atoms with Crippen molar-refractivity contribution in [3.8, 4) is 0 Å². The van der Waals surface area contributed by atoms with Crippen molar-refractivity contribution in [3.63, 3.8) is 0 Å². The Kier molecular flexibility index (Phi) is 6.32. The predicted octanol–water partition coefficient (Wildman–Crippen LogP) is 3.80. The van der Waals surface area contributed by atoms with Crippen molar-refractivity contribution < 1.29 is 22.0 Å². The molecule has 1 amide bonds. The number of amides is 1. The Hall–Kier alpha value is -2.03. The van der Waals surface area contributed by atoms with Crippen LogP contribution in [-0.2, 0) is 20.6 Å². The van der Waals surface area contributed by atoms with Crippen LogP contribution in [0.1, 0.15) is 18.4 Å². The molecule has 1 aliphatic heterocycles. The molecular formula is C19H19ClF2N2O3S. The van der Waals surface area contributed by atoms with Crippen LogP contribution in [0, 0.1) is 17.6 Å². The Labute approximate surface area is 167 Å². The first-order valence-electron chi connectivity index (χ1n) is 8.73. The first-order valence-corrected chi connectivity index (χ1v) is 10.7. The van der Waals surface area contributed by atoms with Crippen molar-refractivity contribution in [2.75, 3.05) is 18.4 Å². The van der Waals surface area contributed by atoms with E-state index >= 15 is 0 Å². The number of carbonyl (C=O) groups is 1. The van der Waals surface area contributed by atoms with Crippen LogP contribution >= 0.6 is 11.6 Å². The maximum Gasteiger partial charge on any atom is 0.228 e. The lowest BCUT2D eigenvalue weighted by molar-refractivity contribution is -0.120. The summed E-state index contributed by atoms with van der Waals surface area (Å²) >= 11 is 6.06. The molecule has 1 heterocycles. The van der Waals surface area contributed by atoms with Crippen molar-refractivity contribution >= 4 is 33.2 Å². The summed E-state index contributed by atoms with van der Waals surface area (Å²) in [5, 5.41) is 2.78. The summed E-state index contributed by atoms with van der Waals surface area (Å²) in [6, 6.07) is 9.55. The van der Waals surface area contributed by atoms with Gasteiger partial charge in [0.25, 0.3) is 0 Å². The van der Waals surface area contributed by atoms with E-state index in [1.165, 1.54) is 4.31 Å². The Morgan fingerprint density at radius 1 is 1.21 bits per heavy atom. The molecule has 1 aliphatic rings. The second-order valence-corrected chi connectivity index (χ2v) is 9.03. The Morgan fingerprint density at radius 2 is 1.96 bits per heavy atom. The normalized spacial score (nSPS) is 18.0. The van der Waals surface area contributed by atoms with Gasteiger partial charge in [-0.05, 0) is 36.6 Å². The van der Waals surface area contributed by atoms with E-state index in [1.807, 2.05) is 0 Å². The maximum absolute atomic E-state index is 13.8. The SMILES string of the molecule is O=C(Nc1ccc(F)cc1F)[C@H]1CCCN(S(=O)(=O)Cc2ccccc2Cl)C1. The fourth-order valence-corrected chi connectivity index (χ4v) is 5.06. The van der Waals surface area contributed by atoms with Gasteiger partial charge in [-0.3, -0.25) is 4.79 Å². The molecule has 2 aromatic carbocycles. The second kappa shape index (κ2) is 8.55. The topological polar surface area (TPSA) is 66.5 Å². The number of benzene rings is 2. The van der Waals surface area contributed by atoms with Crippen molar-refractivity contribution in [2.45, 2.75) is 18.6 Å². The van der Waals surface area contributed by atoms with Gasteiger partial charge in [-0.25, -0.2) is 21.5 Å². The van der Waals surface area contributed by atoms with Crippen molar-refractivity contribution in [1.82, 2.24) is 4.31 Å². The predicted molar refractivity (Wildman–Crippen MR) is 103 cm³/mol. The summed E-state index contributed by atoms with van der Waals surface area (Å²) in [6.45, 7) is 0.308. The molecule has 0 unspecified atom stereocenters. The Bertz CT molecular complexity index is 985. The summed E-state index contributed by atoms with van der Waals surface area (Å²) in [6.07, 6.45) is 0.985. The standard InChI is InChI=1S/C19H19ClF2N2O3S/c20-16-6-2-1-4-14(16)12-28(26,27)24-9-3-5-13(11-24)19(25)23-18-8-7-15(21)10-17(18)22/h1-2,4,6-8,10,13H,3,5,9,11-12H2,(H,23,25)/t13-/m0/s1. The summed E-state index contributed by atoms with van der Waals surface area (Å²) in [4.78, 5) is 12.5. The Morgan fingerprint density at radius 3 is 2.68 bits per heavy atom. The molecule has 1 fully saturated rings. The monoisotopic (exact) mass is 428 g/mol. The van der Waals surface area contributed by atoms with Crippen LogP contribution in [-0.4, -0.2) is 31.7 Å². The van der Waals surface area contributed by atoms with Gasteiger partial charge in [0.15, 0.2) is 0 Å². The minimum absolute atomic E-state index is 0.00142. The molecule has 0 radical (unpaired) electrons. The zero-order valence-electron chi connectivity index (χ0n) is 14.9. The highest BCUT2D eigenvalue weighted by molar-refractivity contribution is 7.88. The third kappa shape index (κ3) is 4.87. The van der Waals surface area contributed by atoms with Gasteiger partial charge in [-0.2, -0.15) is 0 Å². The molecule has 0 aromatic heterocycles. The molecule has 2 aromatic rings. The second-order valence-electron chi connectivity index (χ2n) is 6.66. The van der Waals surface area contributed by atoms with E-state index in [4.69, 9.17) is 11.6 Å². The molecule has 1 N–H and O–H groups in total. The molecule has 0 bridgehead atoms. The van der Waals surface area contributed by atoms with Crippen molar-refractivity contribution in [1.29, 1.82) is 0 Å². The molecule has 0 aliphatic carbocycles. The molecule has 5 nitrogen and oxygen atoms in total. The summed E-state index contributed by atoms with van der Waals surface area (Å²) in [7, 11) is -3.67. The first-order chi connectivity index (χ1) is 13.3. The van der Waals surface area contributed by atoms with Crippen molar-refractivity contribution in [2.24, 2.45) is 5.92 Å². The van der Waals surface area contributed by atoms with Crippen LogP contribution in [0.3, 0.4) is 0 Å². The molecular weight excluding hydrogens is 410 g/mol.